The number of ether oxygens (including phenoxy) is 2. The smallest absolute Gasteiger partial charge is 0.435 e. The summed E-state index contributed by atoms with van der Waals surface area (Å²) in [5.74, 6) is -0.239. The Balaban J connectivity index is 1.99. The monoisotopic (exact) mass is 332 g/mol. The molecule has 0 unspecified atom stereocenters. The summed E-state index contributed by atoms with van der Waals surface area (Å²) in [5.41, 5.74) is 1.39. The summed E-state index contributed by atoms with van der Waals surface area (Å²) >= 11 is 0. The van der Waals surface area contributed by atoms with E-state index in [9.17, 15) is 22.0 Å². The molecule has 0 heterocycles. The summed E-state index contributed by atoms with van der Waals surface area (Å²) in [6.07, 6.45) is -3.83. The highest BCUT2D eigenvalue weighted by Gasteiger charge is 2.31. The van der Waals surface area contributed by atoms with Crippen molar-refractivity contribution in [2.24, 2.45) is 0 Å². The fourth-order valence-electron chi connectivity index (χ4n) is 2.06. The zero-order valence-corrected chi connectivity index (χ0v) is 11.8. The third-order valence-electron chi connectivity index (χ3n) is 2.96. The Kier molecular flexibility index (Phi) is 5.41. The van der Waals surface area contributed by atoms with Gasteiger partial charge in [0.05, 0.1) is 0 Å². The van der Waals surface area contributed by atoms with Gasteiger partial charge in [-0.3, -0.25) is 0 Å². The van der Waals surface area contributed by atoms with Gasteiger partial charge in [-0.15, -0.1) is 13.2 Å². The second-order valence-corrected chi connectivity index (χ2v) is 4.72. The molecule has 0 fully saturated rings. The summed E-state index contributed by atoms with van der Waals surface area (Å²) in [5, 5.41) is 0. The van der Waals surface area contributed by atoms with E-state index in [1.807, 2.05) is 0 Å². The minimum Gasteiger partial charge on any atom is -0.435 e. The molecule has 2 aromatic rings. The second-order valence-electron chi connectivity index (χ2n) is 4.72. The van der Waals surface area contributed by atoms with E-state index in [1.54, 1.807) is 18.2 Å². The molecule has 2 nitrogen and oxygen atoms in total. The lowest BCUT2D eigenvalue weighted by Gasteiger charge is -2.10. The van der Waals surface area contributed by atoms with Crippen molar-refractivity contribution in [2.45, 2.75) is 25.8 Å². The molecule has 0 aromatic heterocycles. The first-order valence-electron chi connectivity index (χ1n) is 6.70. The molecule has 0 amide bonds. The van der Waals surface area contributed by atoms with Crippen molar-refractivity contribution in [3.05, 3.63) is 59.7 Å². The van der Waals surface area contributed by atoms with Gasteiger partial charge in [-0.05, 0) is 48.2 Å². The van der Waals surface area contributed by atoms with Crippen LogP contribution in [0, 0.1) is 0 Å². The van der Waals surface area contributed by atoms with E-state index in [-0.39, 0.29) is 11.5 Å². The first kappa shape index (κ1) is 17.1. The molecule has 2 aromatic carbocycles. The van der Waals surface area contributed by atoms with Crippen LogP contribution < -0.4 is 9.47 Å². The predicted molar refractivity (Wildman–Crippen MR) is 73.6 cm³/mol. The molecule has 0 bridgehead atoms. The Morgan fingerprint density at radius 3 is 1.87 bits per heavy atom. The molecule has 0 aliphatic heterocycles. The van der Waals surface area contributed by atoms with Crippen molar-refractivity contribution >= 4 is 0 Å². The van der Waals surface area contributed by atoms with Crippen LogP contribution in [0.2, 0.25) is 0 Å². The van der Waals surface area contributed by atoms with Gasteiger partial charge in [0.15, 0.2) is 0 Å². The fourth-order valence-corrected chi connectivity index (χ4v) is 2.06. The molecule has 0 saturated carbocycles. The Bertz CT molecular complexity index is 640. The van der Waals surface area contributed by atoms with Gasteiger partial charge in [0.25, 0.3) is 0 Å². The topological polar surface area (TPSA) is 18.5 Å². The zero-order valence-electron chi connectivity index (χ0n) is 11.8. The van der Waals surface area contributed by atoms with Crippen LogP contribution in [-0.2, 0) is 12.8 Å². The second kappa shape index (κ2) is 7.30. The number of halogens is 5. The quantitative estimate of drug-likeness (QED) is 0.695. The molecule has 0 N–H and O–H groups in total. The van der Waals surface area contributed by atoms with Gasteiger partial charge in [-0.1, -0.05) is 24.3 Å². The first-order chi connectivity index (χ1) is 10.8. The van der Waals surface area contributed by atoms with E-state index in [2.05, 4.69) is 9.47 Å². The number of benzene rings is 2. The maximum absolute atomic E-state index is 12.2. The van der Waals surface area contributed by atoms with E-state index < -0.39 is 13.0 Å². The molecule has 0 spiro atoms. The Hall–Kier alpha value is -2.31. The minimum absolute atomic E-state index is 0.0478. The van der Waals surface area contributed by atoms with E-state index >= 15 is 0 Å². The molecule has 2 rings (SSSR count). The number of hydrogen-bond acceptors (Lipinski definition) is 2. The molecule has 124 valence electrons. The van der Waals surface area contributed by atoms with E-state index in [4.69, 9.17) is 0 Å². The predicted octanol–water partition coefficient (Wildman–Crippen LogP) is 4.97. The average molecular weight is 332 g/mol. The van der Waals surface area contributed by atoms with Crippen LogP contribution >= 0.6 is 0 Å². The van der Waals surface area contributed by atoms with Crippen molar-refractivity contribution in [2.75, 3.05) is 0 Å². The SMILES string of the molecule is FC(F)Oc1cccc(CCc2cccc(OC(F)(F)F)c2)c1. The molecule has 0 aliphatic carbocycles. The molecule has 0 radical (unpaired) electrons. The lowest BCUT2D eigenvalue weighted by molar-refractivity contribution is -0.274. The molecular formula is C16H13F5O2. The van der Waals surface area contributed by atoms with Crippen LogP contribution in [0.15, 0.2) is 48.5 Å². The van der Waals surface area contributed by atoms with Crippen LogP contribution in [0.5, 0.6) is 11.5 Å². The number of hydrogen-bond donors (Lipinski definition) is 0. The number of alkyl halides is 5. The third-order valence-corrected chi connectivity index (χ3v) is 2.96. The highest BCUT2D eigenvalue weighted by atomic mass is 19.4. The lowest BCUT2D eigenvalue weighted by Crippen LogP contribution is -2.17. The van der Waals surface area contributed by atoms with Gasteiger partial charge >= 0.3 is 13.0 Å². The summed E-state index contributed by atoms with van der Waals surface area (Å²) in [7, 11) is 0. The highest BCUT2D eigenvalue weighted by Crippen LogP contribution is 2.24. The van der Waals surface area contributed by atoms with Crippen molar-refractivity contribution in [3.8, 4) is 11.5 Å². The van der Waals surface area contributed by atoms with Gasteiger partial charge in [-0.2, -0.15) is 8.78 Å². The van der Waals surface area contributed by atoms with Crippen LogP contribution in [0.3, 0.4) is 0 Å². The fraction of sp³-hybridized carbons (Fsp3) is 0.250. The van der Waals surface area contributed by atoms with Gasteiger partial charge in [0, 0.05) is 0 Å². The van der Waals surface area contributed by atoms with Gasteiger partial charge in [0.2, 0.25) is 0 Å². The zero-order chi connectivity index (χ0) is 16.9. The van der Waals surface area contributed by atoms with Crippen molar-refractivity contribution < 1.29 is 31.4 Å². The van der Waals surface area contributed by atoms with Crippen molar-refractivity contribution in [1.29, 1.82) is 0 Å². The van der Waals surface area contributed by atoms with Crippen molar-refractivity contribution in [1.82, 2.24) is 0 Å². The Morgan fingerprint density at radius 2 is 1.35 bits per heavy atom. The Morgan fingerprint density at radius 1 is 0.826 bits per heavy atom. The lowest BCUT2D eigenvalue weighted by atomic mass is 10.0. The normalized spacial score (nSPS) is 11.6. The Labute approximate surface area is 129 Å². The van der Waals surface area contributed by atoms with Crippen LogP contribution in [0.1, 0.15) is 11.1 Å². The highest BCUT2D eigenvalue weighted by molar-refractivity contribution is 5.32. The summed E-state index contributed by atoms with van der Waals surface area (Å²) in [6, 6.07) is 11.8. The molecular weight excluding hydrogens is 319 g/mol. The number of rotatable bonds is 6. The first-order valence-corrected chi connectivity index (χ1v) is 6.70. The molecule has 7 heteroatoms. The molecule has 0 saturated heterocycles. The van der Waals surface area contributed by atoms with Crippen LogP contribution in [-0.4, -0.2) is 13.0 Å². The minimum atomic E-state index is -4.74. The summed E-state index contributed by atoms with van der Waals surface area (Å²) in [6.45, 7) is -2.90. The summed E-state index contributed by atoms with van der Waals surface area (Å²) in [4.78, 5) is 0. The molecule has 0 atom stereocenters. The largest absolute Gasteiger partial charge is 0.573 e. The molecule has 23 heavy (non-hydrogen) atoms. The van der Waals surface area contributed by atoms with Crippen LogP contribution in [0.25, 0.3) is 0 Å². The van der Waals surface area contributed by atoms with E-state index in [1.165, 1.54) is 30.3 Å². The standard InChI is InChI=1S/C16H13F5O2/c17-15(18)22-13-5-1-3-11(9-13)7-8-12-4-2-6-14(10-12)23-16(19,20)21/h1-6,9-10,15H,7-8H2. The van der Waals surface area contributed by atoms with E-state index in [0.29, 0.717) is 18.4 Å². The molecule has 0 aliphatic rings. The average Bonchev–Trinajstić information content (AvgIpc) is 2.43. The van der Waals surface area contributed by atoms with Gasteiger partial charge < -0.3 is 9.47 Å². The van der Waals surface area contributed by atoms with Gasteiger partial charge in [0.1, 0.15) is 11.5 Å². The van der Waals surface area contributed by atoms with Gasteiger partial charge in [-0.25, -0.2) is 0 Å². The third kappa shape index (κ3) is 6.14. The maximum atomic E-state index is 12.2. The van der Waals surface area contributed by atoms with E-state index in [0.717, 1.165) is 5.56 Å². The number of aryl methyl sites for hydroxylation is 2. The maximum Gasteiger partial charge on any atom is 0.573 e. The van der Waals surface area contributed by atoms with Crippen LogP contribution in [0.4, 0.5) is 22.0 Å². The summed E-state index contributed by atoms with van der Waals surface area (Å²) < 4.78 is 69.0. The van der Waals surface area contributed by atoms with Crippen molar-refractivity contribution in [3.63, 3.8) is 0 Å².